The quantitative estimate of drug-likeness (QED) is 0.753. The van der Waals surface area contributed by atoms with Gasteiger partial charge in [-0.2, -0.15) is 0 Å². The summed E-state index contributed by atoms with van der Waals surface area (Å²) in [5.41, 5.74) is 0.285. The monoisotopic (exact) mass is 242 g/mol. The van der Waals surface area contributed by atoms with Crippen LogP contribution in [-0.4, -0.2) is 0 Å². The van der Waals surface area contributed by atoms with Gasteiger partial charge in [0.15, 0.2) is 0 Å². The molecular weight excluding hydrogens is 236 g/mol. The van der Waals surface area contributed by atoms with E-state index in [0.29, 0.717) is 0 Å². The number of hydrogen-bond acceptors (Lipinski definition) is 3. The van der Waals surface area contributed by atoms with Gasteiger partial charge in [0.25, 0.3) is 0 Å². The molecule has 0 N–H and O–H groups in total. The Morgan fingerprint density at radius 3 is 2.36 bits per heavy atom. The second-order valence-corrected chi connectivity index (χ2v) is 4.72. The first kappa shape index (κ1) is 11.6. The summed E-state index contributed by atoms with van der Waals surface area (Å²) >= 11 is 5.67. The molecular formula is C7H6ClF2O3P. The van der Waals surface area contributed by atoms with Gasteiger partial charge in [-0.25, -0.2) is 0 Å². The molecule has 3 nitrogen and oxygen atoms in total. The van der Waals surface area contributed by atoms with E-state index >= 15 is 0 Å². The number of benzene rings is 1. The molecule has 1 rings (SSSR count). The largest absolute Gasteiger partial charge is 0.399 e. The summed E-state index contributed by atoms with van der Waals surface area (Å²) in [6, 6.07) is 6.18. The van der Waals surface area contributed by atoms with Crippen molar-refractivity contribution in [3.63, 3.8) is 0 Å². The fraction of sp³-hybridized carbons (Fsp3) is 0.143. The van der Waals surface area contributed by atoms with Gasteiger partial charge in [-0.05, 0) is 20.7 Å². The lowest BCUT2D eigenvalue weighted by molar-refractivity contribution is -0.0881. The van der Waals surface area contributed by atoms with Crippen molar-refractivity contribution in [3.8, 4) is 0 Å². The first-order valence-corrected chi connectivity index (χ1v) is 5.65. The van der Waals surface area contributed by atoms with Crippen LogP contribution in [0.3, 0.4) is 0 Å². The summed E-state index contributed by atoms with van der Waals surface area (Å²) in [6.45, 7) is 0. The Morgan fingerprint density at radius 2 is 1.86 bits per heavy atom. The van der Waals surface area contributed by atoms with Crippen molar-refractivity contribution >= 4 is 19.2 Å². The smallest absolute Gasteiger partial charge is 0.254 e. The van der Waals surface area contributed by atoms with Crippen LogP contribution in [0.1, 0.15) is 5.56 Å². The van der Waals surface area contributed by atoms with Crippen molar-refractivity contribution in [1.29, 1.82) is 0 Å². The molecule has 0 fully saturated rings. The Balaban J connectivity index is 2.88. The van der Waals surface area contributed by atoms with Gasteiger partial charge < -0.3 is 0 Å². The molecule has 0 unspecified atom stereocenters. The number of hydrogen-bond donors (Lipinski definition) is 0. The van der Waals surface area contributed by atoms with Crippen LogP contribution in [0.25, 0.3) is 0 Å². The van der Waals surface area contributed by atoms with Gasteiger partial charge in [-0.1, -0.05) is 29.8 Å². The van der Waals surface area contributed by atoms with E-state index in [9.17, 15) is 13.6 Å². The average molecular weight is 243 g/mol. The zero-order valence-electron chi connectivity index (χ0n) is 6.82. The van der Waals surface area contributed by atoms with Gasteiger partial charge in [-0.3, -0.25) is 4.57 Å². The van der Waals surface area contributed by atoms with Crippen LogP contribution >= 0.6 is 19.2 Å². The molecule has 0 amide bonds. The highest BCUT2D eigenvalue weighted by Gasteiger charge is 2.28. The highest BCUT2D eigenvalue weighted by atomic mass is 35.5. The van der Waals surface area contributed by atoms with E-state index in [0.717, 1.165) is 0 Å². The van der Waals surface area contributed by atoms with Crippen molar-refractivity contribution in [2.45, 2.75) is 6.16 Å². The third-order valence-corrected chi connectivity index (χ3v) is 3.05. The minimum Gasteiger partial charge on any atom is -0.254 e. The van der Waals surface area contributed by atoms with E-state index in [4.69, 9.17) is 11.6 Å². The highest BCUT2D eigenvalue weighted by molar-refractivity contribution is 7.52. The van der Waals surface area contributed by atoms with Crippen molar-refractivity contribution in [3.05, 3.63) is 34.9 Å². The van der Waals surface area contributed by atoms with E-state index < -0.39 is 13.8 Å². The third kappa shape index (κ3) is 2.75. The Hall–Kier alpha value is -0.480. The lowest BCUT2D eigenvalue weighted by Crippen LogP contribution is -1.90. The zero-order valence-corrected chi connectivity index (χ0v) is 8.47. The number of rotatable bonds is 4. The maximum Gasteiger partial charge on any atom is 0.399 e. The topological polar surface area (TPSA) is 35.5 Å². The maximum atomic E-state index is 11.7. The molecule has 0 saturated carbocycles. The summed E-state index contributed by atoms with van der Waals surface area (Å²) in [6.07, 6.45) is -0.556. The maximum absolute atomic E-state index is 11.7. The van der Waals surface area contributed by atoms with Gasteiger partial charge >= 0.3 is 7.60 Å². The van der Waals surface area contributed by atoms with E-state index in [1.165, 1.54) is 12.1 Å². The van der Waals surface area contributed by atoms with Gasteiger partial charge in [-0.15, -0.1) is 9.46 Å². The lowest BCUT2D eigenvalue weighted by atomic mass is 10.2. The molecule has 1 aromatic carbocycles. The lowest BCUT2D eigenvalue weighted by Gasteiger charge is -2.07. The Bertz CT molecular complexity index is 353. The fourth-order valence-electron chi connectivity index (χ4n) is 0.895. The summed E-state index contributed by atoms with van der Waals surface area (Å²) < 4.78 is 40.3. The summed E-state index contributed by atoms with van der Waals surface area (Å²) in [4.78, 5) is 0. The number of halogens is 3. The van der Waals surface area contributed by atoms with Crippen LogP contribution in [0.2, 0.25) is 5.02 Å². The molecule has 1 aromatic rings. The predicted octanol–water partition coefficient (Wildman–Crippen LogP) is 3.84. The summed E-state index contributed by atoms with van der Waals surface area (Å²) in [5.74, 6) is 0. The normalized spacial score (nSPS) is 11.6. The highest BCUT2D eigenvalue weighted by Crippen LogP contribution is 2.52. The van der Waals surface area contributed by atoms with E-state index in [1.807, 2.05) is 0 Å². The molecule has 0 spiro atoms. The van der Waals surface area contributed by atoms with Crippen LogP contribution in [0, 0.1) is 0 Å². The van der Waals surface area contributed by atoms with Crippen LogP contribution < -0.4 is 0 Å². The SMILES string of the molecule is O=P(Cc1ccccc1Cl)(OF)OF. The van der Waals surface area contributed by atoms with Gasteiger partial charge in [0.2, 0.25) is 0 Å². The predicted molar refractivity (Wildman–Crippen MR) is 47.1 cm³/mol. The Labute approximate surface area is 83.9 Å². The summed E-state index contributed by atoms with van der Waals surface area (Å²) in [5, 5.41) is 0.238. The molecule has 0 aliphatic rings. The second-order valence-electron chi connectivity index (χ2n) is 2.50. The molecule has 0 bridgehead atoms. The van der Waals surface area contributed by atoms with Crippen molar-refractivity contribution in [2.75, 3.05) is 0 Å². The standard InChI is InChI=1S/C7H6ClF2O3P/c8-7-4-2-1-3-6(7)5-14(11,12-9)13-10/h1-4H,5H2. The summed E-state index contributed by atoms with van der Waals surface area (Å²) in [7, 11) is -4.35. The van der Waals surface area contributed by atoms with Crippen LogP contribution in [-0.2, 0) is 20.2 Å². The Morgan fingerprint density at radius 1 is 1.29 bits per heavy atom. The fourth-order valence-corrected chi connectivity index (χ4v) is 2.00. The molecule has 0 aliphatic carbocycles. The van der Waals surface area contributed by atoms with Gasteiger partial charge in [0.1, 0.15) is 0 Å². The minimum atomic E-state index is -4.35. The molecule has 0 aliphatic heterocycles. The van der Waals surface area contributed by atoms with Crippen molar-refractivity contribution in [2.24, 2.45) is 0 Å². The molecule has 0 heterocycles. The van der Waals surface area contributed by atoms with Crippen molar-refractivity contribution < 1.29 is 23.1 Å². The first-order valence-electron chi connectivity index (χ1n) is 3.54. The van der Waals surface area contributed by atoms with Crippen LogP contribution in [0.15, 0.2) is 24.3 Å². The molecule has 78 valence electrons. The molecule has 0 atom stereocenters. The minimum absolute atomic E-state index is 0.238. The molecule has 0 saturated heterocycles. The zero-order chi connectivity index (χ0) is 10.6. The van der Waals surface area contributed by atoms with Crippen molar-refractivity contribution in [1.82, 2.24) is 0 Å². The van der Waals surface area contributed by atoms with E-state index in [1.54, 1.807) is 12.1 Å². The Kier molecular flexibility index (Phi) is 4.01. The van der Waals surface area contributed by atoms with Crippen LogP contribution in [0.4, 0.5) is 9.05 Å². The van der Waals surface area contributed by atoms with Gasteiger partial charge in [0.05, 0.1) is 6.16 Å². The molecule has 0 aromatic heterocycles. The van der Waals surface area contributed by atoms with Crippen LogP contribution in [0.5, 0.6) is 0 Å². The van der Waals surface area contributed by atoms with E-state index in [2.05, 4.69) is 9.46 Å². The molecule has 0 radical (unpaired) electrons. The average Bonchev–Trinajstić information content (AvgIpc) is 2.21. The molecule has 14 heavy (non-hydrogen) atoms. The van der Waals surface area contributed by atoms with E-state index in [-0.39, 0.29) is 10.6 Å². The molecule has 7 heteroatoms. The van der Waals surface area contributed by atoms with Gasteiger partial charge in [0, 0.05) is 5.02 Å². The third-order valence-electron chi connectivity index (χ3n) is 1.53. The first-order chi connectivity index (χ1) is 6.61. The second kappa shape index (κ2) is 4.84.